The molecule has 3 N–H and O–H groups in total. The summed E-state index contributed by atoms with van der Waals surface area (Å²) in [7, 11) is 1.56. The second-order valence-electron chi connectivity index (χ2n) is 4.20. The highest BCUT2D eigenvalue weighted by molar-refractivity contribution is 7.12. The van der Waals surface area contributed by atoms with Gasteiger partial charge < -0.3 is 15.8 Å². The monoisotopic (exact) mass is 300 g/mol. The first kappa shape index (κ1) is 15.1. The van der Waals surface area contributed by atoms with Gasteiger partial charge in [-0.2, -0.15) is 0 Å². The minimum atomic E-state index is -0.131. The number of rotatable bonds is 4. The van der Waals surface area contributed by atoms with Crippen molar-refractivity contribution in [3.8, 4) is 17.6 Å². The van der Waals surface area contributed by atoms with Crippen molar-refractivity contribution in [3.05, 3.63) is 51.7 Å². The summed E-state index contributed by atoms with van der Waals surface area (Å²) in [4.78, 5) is 12.6. The average molecular weight is 300 g/mol. The van der Waals surface area contributed by atoms with Crippen molar-refractivity contribution < 1.29 is 9.53 Å². The van der Waals surface area contributed by atoms with Crippen molar-refractivity contribution >= 4 is 17.2 Å². The number of benzene rings is 1. The van der Waals surface area contributed by atoms with E-state index in [0.29, 0.717) is 23.7 Å². The number of methoxy groups -OCH3 is 1. The number of hydrogen-bond donors (Lipinski definition) is 2. The van der Waals surface area contributed by atoms with Crippen LogP contribution in [0.3, 0.4) is 0 Å². The van der Waals surface area contributed by atoms with E-state index in [9.17, 15) is 4.79 Å². The number of ether oxygens (including phenoxy) is 1. The summed E-state index contributed by atoms with van der Waals surface area (Å²) in [6.07, 6.45) is 0. The maximum absolute atomic E-state index is 12.1. The molecule has 1 aromatic carbocycles. The molecule has 0 fully saturated rings. The Morgan fingerprint density at radius 2 is 2.10 bits per heavy atom. The van der Waals surface area contributed by atoms with Gasteiger partial charge in [0, 0.05) is 12.1 Å². The molecule has 0 radical (unpaired) electrons. The fourth-order valence-corrected chi connectivity index (χ4v) is 2.52. The van der Waals surface area contributed by atoms with Gasteiger partial charge in [0.1, 0.15) is 10.6 Å². The maximum atomic E-state index is 12.1. The minimum absolute atomic E-state index is 0.131. The largest absolute Gasteiger partial charge is 0.495 e. The molecule has 1 amide bonds. The molecule has 0 aliphatic carbocycles. The maximum Gasteiger partial charge on any atom is 0.265 e. The van der Waals surface area contributed by atoms with Crippen molar-refractivity contribution in [3.63, 3.8) is 0 Å². The fraction of sp³-hybridized carbons (Fsp3) is 0.188. The zero-order valence-electron chi connectivity index (χ0n) is 11.7. The number of nitrogens with two attached hydrogens (primary N) is 1. The molecule has 0 aliphatic heterocycles. The van der Waals surface area contributed by atoms with E-state index < -0.39 is 0 Å². The molecule has 0 spiro atoms. The van der Waals surface area contributed by atoms with E-state index in [1.807, 2.05) is 29.6 Å². The minimum Gasteiger partial charge on any atom is -0.495 e. The van der Waals surface area contributed by atoms with Gasteiger partial charge in [-0.1, -0.05) is 24.0 Å². The summed E-state index contributed by atoms with van der Waals surface area (Å²) in [6.45, 7) is 0.810. The Hall–Kier alpha value is -2.29. The van der Waals surface area contributed by atoms with Crippen LogP contribution in [0.4, 0.5) is 0 Å². The molecule has 5 heteroatoms. The first-order chi connectivity index (χ1) is 10.2. The highest BCUT2D eigenvalue weighted by Gasteiger charge is 2.13. The first-order valence-electron chi connectivity index (χ1n) is 6.42. The normalized spacial score (nSPS) is 9.62. The molecule has 0 unspecified atom stereocenters. The number of thiophene rings is 1. The Balaban J connectivity index is 1.95. The van der Waals surface area contributed by atoms with Gasteiger partial charge in [0.25, 0.3) is 5.91 Å². The van der Waals surface area contributed by atoms with Gasteiger partial charge in [0.15, 0.2) is 0 Å². The van der Waals surface area contributed by atoms with Crippen molar-refractivity contribution in [1.82, 2.24) is 5.32 Å². The molecule has 21 heavy (non-hydrogen) atoms. The summed E-state index contributed by atoms with van der Waals surface area (Å²) in [5.41, 5.74) is 7.25. The predicted octanol–water partition coefficient (Wildman–Crippen LogP) is 2.00. The standard InChI is InChI=1S/C16H16N2O2S/c1-20-14-8-10-21-15(14)16(19)18-11-13-6-4-12(5-7-13)3-2-9-17/h4-8,10H,9,11,17H2,1H3,(H,18,19). The van der Waals surface area contributed by atoms with E-state index in [-0.39, 0.29) is 5.91 Å². The van der Waals surface area contributed by atoms with Crippen molar-refractivity contribution in [2.45, 2.75) is 6.54 Å². The Morgan fingerprint density at radius 3 is 2.76 bits per heavy atom. The Morgan fingerprint density at radius 1 is 1.33 bits per heavy atom. The number of carbonyl (C=O) groups is 1. The van der Waals surface area contributed by atoms with Gasteiger partial charge in [0.05, 0.1) is 13.7 Å². The molecule has 108 valence electrons. The number of hydrogen-bond acceptors (Lipinski definition) is 4. The first-order valence-corrected chi connectivity index (χ1v) is 7.30. The number of amides is 1. The molecule has 0 saturated carbocycles. The van der Waals surface area contributed by atoms with Crippen LogP contribution in [0, 0.1) is 11.8 Å². The van der Waals surface area contributed by atoms with Crippen LogP contribution in [-0.4, -0.2) is 19.6 Å². The van der Waals surface area contributed by atoms with Gasteiger partial charge in [-0.3, -0.25) is 4.79 Å². The number of carbonyl (C=O) groups excluding carboxylic acids is 1. The molecular formula is C16H16N2O2S. The second kappa shape index (κ2) is 7.48. The lowest BCUT2D eigenvalue weighted by Gasteiger charge is -2.06. The second-order valence-corrected chi connectivity index (χ2v) is 5.12. The van der Waals surface area contributed by atoms with Gasteiger partial charge in [0.2, 0.25) is 0 Å². The van der Waals surface area contributed by atoms with E-state index in [2.05, 4.69) is 17.2 Å². The smallest absolute Gasteiger partial charge is 0.265 e. The van der Waals surface area contributed by atoms with E-state index >= 15 is 0 Å². The van der Waals surface area contributed by atoms with Crippen molar-refractivity contribution in [2.75, 3.05) is 13.7 Å². The van der Waals surface area contributed by atoms with E-state index in [1.165, 1.54) is 11.3 Å². The molecule has 2 rings (SSSR count). The van der Waals surface area contributed by atoms with Crippen LogP contribution in [0.1, 0.15) is 20.8 Å². The van der Waals surface area contributed by atoms with Crippen LogP contribution in [-0.2, 0) is 6.54 Å². The lowest BCUT2D eigenvalue weighted by molar-refractivity contribution is 0.0952. The zero-order chi connectivity index (χ0) is 15.1. The quantitative estimate of drug-likeness (QED) is 0.849. The van der Waals surface area contributed by atoms with E-state index in [4.69, 9.17) is 10.5 Å². The Bertz CT molecular complexity index is 666. The Labute approximate surface area is 127 Å². The summed E-state index contributed by atoms with van der Waals surface area (Å²) in [5.74, 6) is 6.23. The van der Waals surface area contributed by atoms with Crippen LogP contribution in [0.5, 0.6) is 5.75 Å². The van der Waals surface area contributed by atoms with Crippen LogP contribution >= 0.6 is 11.3 Å². The fourth-order valence-electron chi connectivity index (χ4n) is 1.75. The highest BCUT2D eigenvalue weighted by Crippen LogP contribution is 2.24. The van der Waals surface area contributed by atoms with E-state index in [0.717, 1.165) is 11.1 Å². The topological polar surface area (TPSA) is 64.3 Å². The lowest BCUT2D eigenvalue weighted by atomic mass is 10.1. The van der Waals surface area contributed by atoms with Crippen LogP contribution < -0.4 is 15.8 Å². The third-order valence-electron chi connectivity index (χ3n) is 2.80. The van der Waals surface area contributed by atoms with Crippen molar-refractivity contribution in [1.29, 1.82) is 0 Å². The molecule has 4 nitrogen and oxygen atoms in total. The summed E-state index contributed by atoms with van der Waals surface area (Å²) in [5, 5.41) is 4.71. The molecular weight excluding hydrogens is 284 g/mol. The summed E-state index contributed by atoms with van der Waals surface area (Å²) < 4.78 is 5.14. The van der Waals surface area contributed by atoms with Gasteiger partial charge in [-0.05, 0) is 29.1 Å². The third-order valence-corrected chi connectivity index (χ3v) is 3.69. The molecule has 0 saturated heterocycles. The summed E-state index contributed by atoms with van der Waals surface area (Å²) >= 11 is 1.36. The molecule has 1 heterocycles. The third kappa shape index (κ3) is 4.09. The SMILES string of the molecule is COc1ccsc1C(=O)NCc1ccc(C#CCN)cc1. The zero-order valence-corrected chi connectivity index (χ0v) is 12.5. The molecule has 0 aliphatic rings. The molecule has 1 aromatic heterocycles. The van der Waals surface area contributed by atoms with Crippen molar-refractivity contribution in [2.24, 2.45) is 5.73 Å². The average Bonchev–Trinajstić information content (AvgIpc) is 3.00. The van der Waals surface area contributed by atoms with Gasteiger partial charge in [-0.25, -0.2) is 0 Å². The van der Waals surface area contributed by atoms with Crippen LogP contribution in [0.2, 0.25) is 0 Å². The molecule has 0 atom stereocenters. The van der Waals surface area contributed by atoms with E-state index in [1.54, 1.807) is 13.2 Å². The molecule has 0 bridgehead atoms. The van der Waals surface area contributed by atoms with Gasteiger partial charge >= 0.3 is 0 Å². The van der Waals surface area contributed by atoms with Gasteiger partial charge in [-0.15, -0.1) is 11.3 Å². The van der Waals surface area contributed by atoms with Crippen LogP contribution in [0.25, 0.3) is 0 Å². The Kier molecular flexibility index (Phi) is 5.38. The molecule has 2 aromatic rings. The number of nitrogens with one attached hydrogen (secondary N) is 1. The lowest BCUT2D eigenvalue weighted by Crippen LogP contribution is -2.22. The predicted molar refractivity (Wildman–Crippen MR) is 84.4 cm³/mol. The summed E-state index contributed by atoms with van der Waals surface area (Å²) in [6, 6.07) is 9.48. The highest BCUT2D eigenvalue weighted by atomic mass is 32.1. The van der Waals surface area contributed by atoms with Crippen LogP contribution in [0.15, 0.2) is 35.7 Å².